The standard InChI is InChI=1S/2C13H10O3.2C8H8O3.C8H8O2.2C6H6O.2C3H6O3.2CH4O.CH5P/c2*14-13(15-11-7-3-1-4-8-11)16-12-9-5-2-6-10-12;2*1-10-8(9)11-7-5-3-2-4-6-7;1-7(9)10-8-5-3-2-4-6-8;2*7-6-4-2-1-3-5-6;2*1-5-3(4)6-2;3*1-2/h2*1-10H;2*2-6H,1H3;2-6H,1H3;2*1-5,7H;2*1-2H3;2*2H,1H3;2H2,1H3/i;;;;;;;;;;;2D. The number of methoxy groups -OCH3 is 6. The van der Waals surface area contributed by atoms with Crippen LogP contribution in [0, 0.1) is 0 Å². The Bertz CT molecular complexity index is 3020. The van der Waals surface area contributed by atoms with Crippen molar-refractivity contribution in [1.82, 2.24) is 0 Å². The van der Waals surface area contributed by atoms with Gasteiger partial charge in [0, 0.05) is 21.1 Å². The number of para-hydroxylation sites is 9. The zero-order chi connectivity index (χ0) is 73.0. The molecular formula is C71H81O24P. The third-order valence-corrected chi connectivity index (χ3v) is 9.18. The van der Waals surface area contributed by atoms with Gasteiger partial charge in [0.15, 0.2) is 0 Å². The highest BCUT2D eigenvalue weighted by Gasteiger charge is 2.08. The third-order valence-electron chi connectivity index (χ3n) is 9.18. The minimum atomic E-state index is -0.739. The summed E-state index contributed by atoms with van der Waals surface area (Å²) in [5.41, 5.74) is 0. The highest BCUT2D eigenvalue weighted by atomic mass is 31.0. The van der Waals surface area contributed by atoms with Crippen molar-refractivity contribution in [2.24, 2.45) is 0 Å². The largest absolute Gasteiger partial charge is 0.519 e. The van der Waals surface area contributed by atoms with Gasteiger partial charge in [0.05, 0.1) is 43.9 Å². The molecule has 0 saturated heterocycles. The van der Waals surface area contributed by atoms with Crippen molar-refractivity contribution < 1.29 is 116 Å². The first-order valence-electron chi connectivity index (χ1n) is 28.0. The molecule has 4 N–H and O–H groups in total. The molecule has 0 heterocycles. The summed E-state index contributed by atoms with van der Waals surface area (Å²) in [6.45, 7) is 3.20. The second-order valence-corrected chi connectivity index (χ2v) is 15.8. The average Bonchev–Trinajstić information content (AvgIpc) is 3.79. The maximum Gasteiger partial charge on any atom is 0.519 e. The van der Waals surface area contributed by atoms with Gasteiger partial charge in [0.1, 0.15) is 51.7 Å². The van der Waals surface area contributed by atoms with Gasteiger partial charge in [0.25, 0.3) is 0 Å². The molecule has 0 aliphatic rings. The molecule has 514 valence electrons. The predicted molar refractivity (Wildman–Crippen MR) is 363 cm³/mol. The van der Waals surface area contributed by atoms with E-state index >= 15 is 0 Å². The topological polar surface area (TPSA) is 320 Å². The highest BCUT2D eigenvalue weighted by Crippen LogP contribution is 2.16. The monoisotopic (exact) mass is 1350 g/mol. The van der Waals surface area contributed by atoms with Gasteiger partial charge in [0.2, 0.25) is 0 Å². The van der Waals surface area contributed by atoms with Gasteiger partial charge in [-0.1, -0.05) is 170 Å². The van der Waals surface area contributed by atoms with Gasteiger partial charge >= 0.3 is 42.9 Å². The second kappa shape index (κ2) is 63.2. The Hall–Kier alpha value is -12.0. The molecule has 0 aromatic heterocycles. The molecule has 9 aromatic rings. The number of esters is 1. The van der Waals surface area contributed by atoms with E-state index in [1.165, 1.54) is 49.6 Å². The van der Waals surface area contributed by atoms with Crippen LogP contribution in [-0.4, -0.2) is 128 Å². The maximum absolute atomic E-state index is 11.3. The number of benzene rings is 9. The summed E-state index contributed by atoms with van der Waals surface area (Å²) in [5.74, 6) is 3.77. The molecule has 24 nitrogen and oxygen atoms in total. The summed E-state index contributed by atoms with van der Waals surface area (Å²) in [6.07, 6.45) is -4.19. The number of hydrogen-bond donors (Lipinski definition) is 4. The van der Waals surface area contributed by atoms with Gasteiger partial charge in [-0.15, -0.1) is 9.18 Å². The van der Waals surface area contributed by atoms with Crippen LogP contribution in [0.4, 0.5) is 28.8 Å². The van der Waals surface area contributed by atoms with E-state index in [9.17, 15) is 33.6 Å². The Morgan fingerprint density at radius 1 is 0.260 bits per heavy atom. The molecule has 0 saturated carbocycles. The van der Waals surface area contributed by atoms with Crippen molar-refractivity contribution in [2.75, 3.05) is 63.5 Å². The van der Waals surface area contributed by atoms with E-state index in [4.69, 9.17) is 54.9 Å². The molecule has 0 aliphatic carbocycles. The van der Waals surface area contributed by atoms with E-state index in [1.54, 1.807) is 206 Å². The van der Waals surface area contributed by atoms with Crippen LogP contribution in [0.1, 0.15) is 6.92 Å². The van der Waals surface area contributed by atoms with Crippen molar-refractivity contribution >= 4 is 52.1 Å². The number of ether oxygens (including phenoxy) is 13. The summed E-state index contributed by atoms with van der Waals surface area (Å²) in [5, 5.41) is 31.3. The Balaban J connectivity index is -0.00000103. The fraction of sp³-hybridized carbons (Fsp3) is 0.141. The minimum Gasteiger partial charge on any atom is -0.508 e. The van der Waals surface area contributed by atoms with Gasteiger partial charge in [-0.3, -0.25) is 4.79 Å². The molecular weight excluding hydrogens is 1270 g/mol. The molecule has 0 radical (unpaired) electrons. The Labute approximate surface area is 562 Å². The van der Waals surface area contributed by atoms with Crippen LogP contribution in [0.5, 0.6) is 51.7 Å². The van der Waals surface area contributed by atoms with Crippen LogP contribution in [0.25, 0.3) is 0 Å². The zero-order valence-electron chi connectivity index (χ0n) is 55.4. The van der Waals surface area contributed by atoms with Crippen LogP contribution in [0.2, 0.25) is 0 Å². The van der Waals surface area contributed by atoms with E-state index in [0.717, 1.165) is 14.2 Å². The summed E-state index contributed by atoms with van der Waals surface area (Å²) in [7, 11) is 9.89. The molecule has 96 heavy (non-hydrogen) atoms. The van der Waals surface area contributed by atoms with Gasteiger partial charge in [-0.05, 0) is 109 Å². The van der Waals surface area contributed by atoms with E-state index in [-0.39, 0.29) is 5.97 Å². The number of hydrogen-bond acceptors (Lipinski definition) is 24. The van der Waals surface area contributed by atoms with Crippen LogP contribution < -0.4 is 33.2 Å². The number of carbonyl (C=O) groups is 7. The number of phenolic OH excluding ortho intramolecular Hbond substituents is 2. The van der Waals surface area contributed by atoms with Crippen LogP contribution in [0.15, 0.2) is 273 Å². The molecule has 25 heteroatoms. The van der Waals surface area contributed by atoms with Crippen molar-refractivity contribution in [3.8, 4) is 51.7 Å². The first-order chi connectivity index (χ1) is 46.9. The lowest BCUT2D eigenvalue weighted by molar-refractivity contribution is -0.131. The third kappa shape index (κ3) is 53.8. The Kier molecular flexibility index (Phi) is 56.7. The lowest BCUT2D eigenvalue weighted by Gasteiger charge is -2.04. The maximum atomic E-state index is 11.3. The Morgan fingerprint density at radius 3 is 0.510 bits per heavy atom. The summed E-state index contributed by atoms with van der Waals surface area (Å²) in [6, 6.07) is 79.0. The smallest absolute Gasteiger partial charge is 0.508 e. The molecule has 1 atom stereocenters. The number of aliphatic hydroxyl groups excluding tert-OH is 2. The van der Waals surface area contributed by atoms with E-state index < -0.39 is 36.9 Å². The normalized spacial score (nSPS) is 8.69. The number of carbonyl (C=O) groups excluding carboxylic acids is 7. The average molecular weight is 1350 g/mol. The molecule has 1 unspecified atom stereocenters. The first-order valence-corrected chi connectivity index (χ1v) is 28.5. The molecule has 0 aliphatic heterocycles. The van der Waals surface area contributed by atoms with Crippen molar-refractivity contribution in [3.63, 3.8) is 0 Å². The van der Waals surface area contributed by atoms with Gasteiger partial charge < -0.3 is 82.0 Å². The van der Waals surface area contributed by atoms with Gasteiger partial charge in [-0.2, -0.15) is 0 Å². The van der Waals surface area contributed by atoms with Crippen LogP contribution >= 0.6 is 9.18 Å². The van der Waals surface area contributed by atoms with Crippen molar-refractivity contribution in [3.05, 3.63) is 273 Å². The zero-order valence-corrected chi connectivity index (χ0v) is 55.4. The van der Waals surface area contributed by atoms with Crippen molar-refractivity contribution in [1.29, 1.82) is 1.28 Å². The number of rotatable bonds is 7. The quantitative estimate of drug-likeness (QED) is 0.0379. The van der Waals surface area contributed by atoms with E-state index in [2.05, 4.69) is 28.4 Å². The first kappa shape index (κ1) is 86.1. The Morgan fingerprint density at radius 2 is 0.396 bits per heavy atom. The summed E-state index contributed by atoms with van der Waals surface area (Å²) in [4.78, 5) is 73.6. The molecule has 0 bridgehead atoms. The van der Waals surface area contributed by atoms with Crippen molar-refractivity contribution in [2.45, 2.75) is 6.92 Å². The number of aliphatic hydroxyl groups is 2. The molecule has 9 aromatic carbocycles. The number of phenols is 2. The second-order valence-electron chi connectivity index (χ2n) is 15.8. The molecule has 0 spiro atoms. The lowest BCUT2D eigenvalue weighted by Crippen LogP contribution is -2.13. The predicted octanol–water partition coefficient (Wildman–Crippen LogP) is 15.1. The van der Waals surface area contributed by atoms with E-state index in [1.807, 2.05) is 73.4 Å². The van der Waals surface area contributed by atoms with Crippen LogP contribution in [0.3, 0.4) is 0 Å². The molecule has 0 fully saturated rings. The molecule has 9 rings (SSSR count). The van der Waals surface area contributed by atoms with Crippen LogP contribution in [-0.2, 0) is 33.2 Å². The fourth-order valence-corrected chi connectivity index (χ4v) is 5.31. The van der Waals surface area contributed by atoms with Gasteiger partial charge in [-0.25, -0.2) is 28.8 Å². The number of aromatic hydroxyl groups is 2. The fourth-order valence-electron chi connectivity index (χ4n) is 5.31. The molecule has 0 amide bonds. The summed E-state index contributed by atoms with van der Waals surface area (Å²) >= 11 is 0. The highest BCUT2D eigenvalue weighted by molar-refractivity contribution is 7.15. The lowest BCUT2D eigenvalue weighted by atomic mass is 10.3. The SMILES string of the molecule is CC(=O)Oc1ccccc1.CO.CO.COC(=O)OC.COC(=O)OC.COC(=O)Oc1ccccc1.COC(=O)Oc1ccccc1.O=C(Oc1ccccc1)Oc1ccccc1.O=C(Oc1ccccc1)Oc1ccccc1.Oc1ccccc1.Oc1ccccc1.[2H]PC. The van der Waals surface area contributed by atoms with E-state index in [0.29, 0.717) is 60.9 Å². The minimum absolute atomic E-state index is 0.286. The summed E-state index contributed by atoms with van der Waals surface area (Å²) < 4.78 is 65.0.